The van der Waals surface area contributed by atoms with Crippen molar-refractivity contribution in [3.8, 4) is 0 Å². The lowest BCUT2D eigenvalue weighted by molar-refractivity contribution is 0.150. The smallest absolute Gasteiger partial charge is 0.123 e. The second-order valence-electron chi connectivity index (χ2n) is 7.51. The Kier molecular flexibility index (Phi) is 5.81. The van der Waals surface area contributed by atoms with Gasteiger partial charge in [-0.25, -0.2) is 8.78 Å². The monoisotopic (exact) mass is 407 g/mol. The maximum absolute atomic E-state index is 13.4. The lowest BCUT2D eigenvalue weighted by Gasteiger charge is -2.52. The molecule has 0 radical (unpaired) electrons. The van der Waals surface area contributed by atoms with Crippen molar-refractivity contribution >= 4 is 5.69 Å². The van der Waals surface area contributed by atoms with E-state index in [1.54, 1.807) is 24.3 Å². The van der Waals surface area contributed by atoms with Gasteiger partial charge in [0.05, 0.1) is 24.1 Å². The highest BCUT2D eigenvalue weighted by molar-refractivity contribution is 5.61. The van der Waals surface area contributed by atoms with Gasteiger partial charge in [-0.15, -0.1) is 0 Å². The molecule has 30 heavy (non-hydrogen) atoms. The number of hydrogen-bond donors (Lipinski definition) is 2. The van der Waals surface area contributed by atoms with Crippen molar-refractivity contribution in [3.63, 3.8) is 0 Å². The van der Waals surface area contributed by atoms with E-state index in [-0.39, 0.29) is 23.6 Å². The summed E-state index contributed by atoms with van der Waals surface area (Å²) < 4.78 is 26.6. The van der Waals surface area contributed by atoms with E-state index < -0.39 is 6.10 Å². The summed E-state index contributed by atoms with van der Waals surface area (Å²) in [7, 11) is 0. The predicted octanol–water partition coefficient (Wildman–Crippen LogP) is 6.06. The molecule has 0 saturated carbocycles. The second kappa shape index (κ2) is 8.67. The Balaban J connectivity index is 1.57. The highest BCUT2D eigenvalue weighted by Crippen LogP contribution is 2.52. The maximum Gasteiger partial charge on any atom is 0.123 e. The molecule has 154 valence electrons. The van der Waals surface area contributed by atoms with Crippen molar-refractivity contribution in [3.05, 3.63) is 114 Å². The van der Waals surface area contributed by atoms with Gasteiger partial charge in [-0.2, -0.15) is 0 Å². The van der Waals surface area contributed by atoms with E-state index in [4.69, 9.17) is 0 Å². The van der Waals surface area contributed by atoms with Crippen LogP contribution in [0.3, 0.4) is 0 Å². The van der Waals surface area contributed by atoms with E-state index in [1.165, 1.54) is 24.3 Å². The van der Waals surface area contributed by atoms with E-state index >= 15 is 0 Å². The van der Waals surface area contributed by atoms with Gasteiger partial charge in [0.15, 0.2) is 0 Å². The number of aliphatic hydroxyl groups is 2. The topological polar surface area (TPSA) is 43.7 Å². The molecule has 3 nitrogen and oxygen atoms in total. The van der Waals surface area contributed by atoms with Crippen molar-refractivity contribution in [1.82, 2.24) is 0 Å². The Hall–Kier alpha value is -3.18. The van der Waals surface area contributed by atoms with Gasteiger partial charge >= 0.3 is 0 Å². The van der Waals surface area contributed by atoms with Gasteiger partial charge in [0, 0.05) is 11.6 Å². The van der Waals surface area contributed by atoms with Crippen LogP contribution >= 0.6 is 0 Å². The molecule has 1 saturated heterocycles. The Morgan fingerprint density at radius 3 is 2.07 bits per heavy atom. The van der Waals surface area contributed by atoms with E-state index in [0.717, 1.165) is 23.2 Å². The van der Waals surface area contributed by atoms with Crippen LogP contribution in [0, 0.1) is 17.6 Å². The molecule has 3 aromatic carbocycles. The average molecular weight is 407 g/mol. The molecule has 0 aliphatic carbocycles. The van der Waals surface area contributed by atoms with Crippen molar-refractivity contribution in [2.24, 2.45) is 5.92 Å². The first-order valence-electron chi connectivity index (χ1n) is 9.96. The molecule has 5 heteroatoms. The minimum Gasteiger partial charge on any atom is -0.514 e. The molecular weight excluding hydrogens is 384 g/mol. The molecule has 1 heterocycles. The number of hydrogen-bond acceptors (Lipinski definition) is 3. The predicted molar refractivity (Wildman–Crippen MR) is 113 cm³/mol. The zero-order valence-electron chi connectivity index (χ0n) is 16.3. The second-order valence-corrected chi connectivity index (χ2v) is 7.51. The molecule has 4 rings (SSSR count). The van der Waals surface area contributed by atoms with Crippen LogP contribution in [0.15, 0.2) is 90.8 Å². The molecule has 2 N–H and O–H groups in total. The number of nitrogens with zero attached hydrogens (tertiary/aromatic N) is 1. The summed E-state index contributed by atoms with van der Waals surface area (Å²) in [6, 6.07) is 21.9. The fourth-order valence-electron chi connectivity index (χ4n) is 4.19. The molecule has 0 aromatic heterocycles. The summed E-state index contributed by atoms with van der Waals surface area (Å²) in [5, 5.41) is 20.5. The third kappa shape index (κ3) is 3.94. The Morgan fingerprint density at radius 2 is 1.47 bits per heavy atom. The number of aliphatic hydroxyl groups excluding tert-OH is 2. The average Bonchev–Trinajstić information content (AvgIpc) is 2.75. The first-order chi connectivity index (χ1) is 14.6. The fourth-order valence-corrected chi connectivity index (χ4v) is 4.19. The standard InChI is InChI=1S/C25H23F2NO2/c26-19-8-6-17(7-9-19)24(30)15-14-22-23(16-29)28(21-12-10-20(27)11-13-21)25(22)18-4-2-1-3-5-18/h1-13,16,22,24-25,29-30H,14-15H2. The number of halogens is 2. The summed E-state index contributed by atoms with van der Waals surface area (Å²) in [5.74, 6) is -0.670. The van der Waals surface area contributed by atoms with E-state index in [9.17, 15) is 19.0 Å². The van der Waals surface area contributed by atoms with Crippen LogP contribution < -0.4 is 4.90 Å². The summed E-state index contributed by atoms with van der Waals surface area (Å²) in [6.45, 7) is 0. The number of rotatable bonds is 6. The molecule has 3 unspecified atom stereocenters. The van der Waals surface area contributed by atoms with Gasteiger partial charge in [-0.3, -0.25) is 0 Å². The van der Waals surface area contributed by atoms with Crippen LogP contribution in [-0.2, 0) is 0 Å². The van der Waals surface area contributed by atoms with Crippen molar-refractivity contribution in [2.45, 2.75) is 25.0 Å². The largest absolute Gasteiger partial charge is 0.514 e. The molecule has 0 bridgehead atoms. The summed E-state index contributed by atoms with van der Waals surface area (Å²) in [5.41, 5.74) is 3.26. The van der Waals surface area contributed by atoms with Crippen LogP contribution in [0.4, 0.5) is 14.5 Å². The molecule has 0 spiro atoms. The molecule has 3 aromatic rings. The van der Waals surface area contributed by atoms with Gasteiger partial charge in [-0.1, -0.05) is 42.5 Å². The minimum absolute atomic E-state index is 0.0162. The van der Waals surface area contributed by atoms with Crippen molar-refractivity contribution < 1.29 is 19.0 Å². The van der Waals surface area contributed by atoms with E-state index in [0.29, 0.717) is 18.4 Å². The van der Waals surface area contributed by atoms with Crippen LogP contribution in [0.25, 0.3) is 0 Å². The quantitative estimate of drug-likeness (QED) is 0.489. The molecule has 1 aliphatic heterocycles. The molecule has 1 fully saturated rings. The van der Waals surface area contributed by atoms with Crippen LogP contribution in [0.2, 0.25) is 0 Å². The fraction of sp³-hybridized carbons (Fsp3) is 0.200. The van der Waals surface area contributed by atoms with Gasteiger partial charge in [0.2, 0.25) is 0 Å². The van der Waals surface area contributed by atoms with Gasteiger partial charge in [-0.05, 0) is 60.4 Å². The van der Waals surface area contributed by atoms with E-state index in [2.05, 4.69) is 0 Å². The Bertz CT molecular complexity index is 1000. The SMILES string of the molecule is OC=C1C(CCC(O)c2ccc(F)cc2)C(c2ccccc2)N1c1ccc(F)cc1. The molecule has 1 aliphatic rings. The number of anilines is 1. The van der Waals surface area contributed by atoms with Crippen LogP contribution in [0.5, 0.6) is 0 Å². The van der Waals surface area contributed by atoms with Gasteiger partial charge in [0.1, 0.15) is 11.6 Å². The third-order valence-electron chi connectivity index (χ3n) is 5.70. The van der Waals surface area contributed by atoms with Crippen LogP contribution in [0.1, 0.15) is 36.1 Å². The molecule has 3 atom stereocenters. The zero-order chi connectivity index (χ0) is 21.1. The van der Waals surface area contributed by atoms with Crippen LogP contribution in [-0.4, -0.2) is 10.2 Å². The molecular formula is C25H23F2NO2. The first kappa shape index (κ1) is 20.1. The van der Waals surface area contributed by atoms with Gasteiger partial charge < -0.3 is 15.1 Å². The number of benzene rings is 3. The Labute approximate surface area is 174 Å². The summed E-state index contributed by atoms with van der Waals surface area (Å²) in [4.78, 5) is 1.99. The highest BCUT2D eigenvalue weighted by Gasteiger charge is 2.45. The Morgan fingerprint density at radius 1 is 0.867 bits per heavy atom. The maximum atomic E-state index is 13.4. The highest BCUT2D eigenvalue weighted by atomic mass is 19.1. The van der Waals surface area contributed by atoms with E-state index in [1.807, 2.05) is 35.2 Å². The van der Waals surface area contributed by atoms with Crippen molar-refractivity contribution in [1.29, 1.82) is 0 Å². The van der Waals surface area contributed by atoms with Crippen molar-refractivity contribution in [2.75, 3.05) is 4.90 Å². The summed E-state index contributed by atoms with van der Waals surface area (Å²) >= 11 is 0. The normalized spacial score (nSPS) is 20.8. The zero-order valence-corrected chi connectivity index (χ0v) is 16.3. The minimum atomic E-state index is -0.721. The lowest BCUT2D eigenvalue weighted by atomic mass is 9.76. The third-order valence-corrected chi connectivity index (χ3v) is 5.70. The molecule has 0 amide bonds. The first-order valence-corrected chi connectivity index (χ1v) is 9.96. The summed E-state index contributed by atoms with van der Waals surface area (Å²) in [6.07, 6.45) is 1.47. The van der Waals surface area contributed by atoms with Gasteiger partial charge in [0.25, 0.3) is 0 Å². The lowest BCUT2D eigenvalue weighted by Crippen LogP contribution is -2.47.